The third-order valence-corrected chi connectivity index (χ3v) is 5.26. The summed E-state index contributed by atoms with van der Waals surface area (Å²) in [6, 6.07) is 16.6. The summed E-state index contributed by atoms with van der Waals surface area (Å²) in [6.07, 6.45) is 0. The molecule has 0 saturated carbocycles. The summed E-state index contributed by atoms with van der Waals surface area (Å²) < 4.78 is -2.10. The van der Waals surface area contributed by atoms with E-state index in [1.807, 2.05) is 42.5 Å². The van der Waals surface area contributed by atoms with E-state index < -0.39 is 15.4 Å². The van der Waals surface area contributed by atoms with Crippen LogP contribution in [0.3, 0.4) is 0 Å². The zero-order valence-electron chi connectivity index (χ0n) is 13.0. The van der Waals surface area contributed by atoms with Gasteiger partial charge in [-0.15, -0.1) is 0 Å². The number of benzene rings is 2. The summed E-state index contributed by atoms with van der Waals surface area (Å²) in [4.78, 5) is 29.0. The van der Waals surface area contributed by atoms with E-state index in [4.69, 9.17) is 34.8 Å². The van der Waals surface area contributed by atoms with Crippen molar-refractivity contribution in [1.82, 2.24) is 9.80 Å². The van der Waals surface area contributed by atoms with Gasteiger partial charge in [-0.2, -0.15) is 0 Å². The lowest BCUT2D eigenvalue weighted by atomic mass is 9.90. The molecule has 2 aliphatic heterocycles. The number of fused-ring (bicyclic) bond motifs is 3. The van der Waals surface area contributed by atoms with Crippen LogP contribution in [0.4, 0.5) is 0 Å². The van der Waals surface area contributed by atoms with Crippen molar-refractivity contribution < 1.29 is 9.59 Å². The van der Waals surface area contributed by atoms with Gasteiger partial charge in [0.25, 0.3) is 15.6 Å². The van der Waals surface area contributed by atoms with Crippen LogP contribution in [-0.2, 0) is 10.5 Å². The number of hydrogen-bond acceptors (Lipinski definition) is 2. The average molecular weight is 396 g/mol. The molecule has 2 aliphatic rings. The van der Waals surface area contributed by atoms with E-state index in [0.29, 0.717) is 18.7 Å². The normalized spacial score (nSPS) is 22.1. The molecule has 0 aromatic heterocycles. The lowest BCUT2D eigenvalue weighted by molar-refractivity contribution is -0.135. The summed E-state index contributed by atoms with van der Waals surface area (Å²) in [5, 5.41) is 0. The third kappa shape index (κ3) is 2.21. The lowest BCUT2D eigenvalue weighted by Crippen LogP contribution is -2.54. The molecule has 0 spiro atoms. The van der Waals surface area contributed by atoms with Crippen LogP contribution in [-0.4, -0.2) is 38.5 Å². The fraction of sp³-hybridized carbons (Fsp3) is 0.222. The minimum Gasteiger partial charge on any atom is -0.306 e. The molecule has 128 valence electrons. The van der Waals surface area contributed by atoms with Crippen molar-refractivity contribution in [2.45, 2.75) is 9.46 Å². The Hall–Kier alpha value is -1.75. The highest BCUT2D eigenvalue weighted by atomic mass is 35.6. The monoisotopic (exact) mass is 394 g/mol. The third-order valence-electron chi connectivity index (χ3n) is 4.77. The molecule has 2 amide bonds. The quantitative estimate of drug-likeness (QED) is 0.693. The van der Waals surface area contributed by atoms with Gasteiger partial charge < -0.3 is 9.80 Å². The SMILES string of the molecule is O=C1c2ccccc2[C@]2(c3ccccc3)N1CCN2C(=O)C(Cl)(Cl)Cl. The van der Waals surface area contributed by atoms with E-state index in [2.05, 4.69) is 0 Å². The van der Waals surface area contributed by atoms with E-state index in [1.54, 1.807) is 17.0 Å². The van der Waals surface area contributed by atoms with Gasteiger partial charge in [-0.3, -0.25) is 9.59 Å². The second kappa shape index (κ2) is 5.63. The van der Waals surface area contributed by atoms with Crippen molar-refractivity contribution in [3.63, 3.8) is 0 Å². The molecule has 0 aliphatic carbocycles. The van der Waals surface area contributed by atoms with E-state index >= 15 is 0 Å². The molecular formula is C18H13Cl3N2O2. The molecule has 0 radical (unpaired) electrons. The van der Waals surface area contributed by atoms with E-state index in [0.717, 1.165) is 11.1 Å². The maximum atomic E-state index is 13.0. The largest absolute Gasteiger partial charge is 0.306 e. The highest BCUT2D eigenvalue weighted by Crippen LogP contribution is 2.51. The van der Waals surface area contributed by atoms with Gasteiger partial charge in [0, 0.05) is 29.8 Å². The molecule has 2 aromatic carbocycles. The zero-order valence-corrected chi connectivity index (χ0v) is 15.2. The van der Waals surface area contributed by atoms with Crippen molar-refractivity contribution in [1.29, 1.82) is 0 Å². The van der Waals surface area contributed by atoms with Gasteiger partial charge in [-0.1, -0.05) is 83.3 Å². The number of carbonyl (C=O) groups is 2. The lowest BCUT2D eigenvalue weighted by Gasteiger charge is -2.41. The number of nitrogens with zero attached hydrogens (tertiary/aromatic N) is 2. The van der Waals surface area contributed by atoms with Crippen LogP contribution in [0, 0.1) is 0 Å². The van der Waals surface area contributed by atoms with E-state index in [9.17, 15) is 9.59 Å². The van der Waals surface area contributed by atoms with Crippen LogP contribution in [0.1, 0.15) is 21.5 Å². The van der Waals surface area contributed by atoms with Gasteiger partial charge in [-0.05, 0) is 6.07 Å². The summed E-state index contributed by atoms with van der Waals surface area (Å²) in [5.41, 5.74) is 0.989. The molecule has 1 atom stereocenters. The van der Waals surface area contributed by atoms with E-state index in [1.165, 1.54) is 4.90 Å². The smallest absolute Gasteiger partial charge is 0.277 e. The Kier molecular flexibility index (Phi) is 3.76. The Morgan fingerprint density at radius 1 is 0.960 bits per heavy atom. The minimum absolute atomic E-state index is 0.126. The highest BCUT2D eigenvalue weighted by molar-refractivity contribution is 6.76. The highest BCUT2D eigenvalue weighted by Gasteiger charge is 2.61. The summed E-state index contributed by atoms with van der Waals surface area (Å²) in [7, 11) is 0. The first-order valence-electron chi connectivity index (χ1n) is 7.74. The molecule has 7 heteroatoms. The standard InChI is InChI=1S/C18H13Cl3N2O2/c19-18(20,21)16(25)23-11-10-22-15(24)13-8-4-5-9-14(13)17(22,23)12-6-2-1-3-7-12/h1-9H,10-11H2/t17-/m1/s1. The van der Waals surface area contributed by atoms with Crippen LogP contribution < -0.4 is 0 Å². The Morgan fingerprint density at radius 3 is 2.28 bits per heavy atom. The number of amides is 2. The summed E-state index contributed by atoms with van der Waals surface area (Å²) >= 11 is 17.7. The average Bonchev–Trinajstić information content (AvgIpc) is 3.11. The zero-order chi connectivity index (χ0) is 17.8. The van der Waals surface area contributed by atoms with Gasteiger partial charge in [0.05, 0.1) is 0 Å². The Morgan fingerprint density at radius 2 is 1.60 bits per heavy atom. The maximum absolute atomic E-state index is 13.0. The predicted octanol–water partition coefficient (Wildman–Crippen LogP) is 3.56. The molecule has 1 saturated heterocycles. The Labute approximate surface area is 159 Å². The van der Waals surface area contributed by atoms with Gasteiger partial charge in [0.2, 0.25) is 0 Å². The molecule has 2 heterocycles. The van der Waals surface area contributed by atoms with Crippen LogP contribution >= 0.6 is 34.8 Å². The fourth-order valence-corrected chi connectivity index (χ4v) is 4.17. The van der Waals surface area contributed by atoms with Gasteiger partial charge in [-0.25, -0.2) is 0 Å². The number of halogens is 3. The molecule has 0 bridgehead atoms. The van der Waals surface area contributed by atoms with Crippen LogP contribution in [0.25, 0.3) is 0 Å². The van der Waals surface area contributed by atoms with Crippen molar-refractivity contribution in [3.05, 3.63) is 71.3 Å². The van der Waals surface area contributed by atoms with Crippen LogP contribution in [0.15, 0.2) is 54.6 Å². The second-order valence-corrected chi connectivity index (χ2v) is 8.28. The van der Waals surface area contributed by atoms with E-state index in [-0.39, 0.29) is 5.91 Å². The molecular weight excluding hydrogens is 383 g/mol. The summed E-state index contributed by atoms with van der Waals surface area (Å²) in [5.74, 6) is -0.771. The first-order valence-corrected chi connectivity index (χ1v) is 8.87. The first-order chi connectivity index (χ1) is 11.9. The minimum atomic E-state index is -2.10. The molecule has 25 heavy (non-hydrogen) atoms. The van der Waals surface area contributed by atoms with Gasteiger partial charge in [0.1, 0.15) is 0 Å². The predicted molar refractivity (Wildman–Crippen MR) is 96.7 cm³/mol. The fourth-order valence-electron chi connectivity index (χ4n) is 3.87. The van der Waals surface area contributed by atoms with Crippen molar-refractivity contribution in [3.8, 4) is 0 Å². The maximum Gasteiger partial charge on any atom is 0.277 e. The number of alkyl halides is 3. The first kappa shape index (κ1) is 16.7. The van der Waals surface area contributed by atoms with Gasteiger partial charge in [0.15, 0.2) is 5.66 Å². The van der Waals surface area contributed by atoms with Crippen molar-refractivity contribution in [2.24, 2.45) is 0 Å². The number of rotatable bonds is 1. The molecule has 0 N–H and O–H groups in total. The van der Waals surface area contributed by atoms with Crippen LogP contribution in [0.5, 0.6) is 0 Å². The van der Waals surface area contributed by atoms with Crippen LogP contribution in [0.2, 0.25) is 0 Å². The molecule has 0 unspecified atom stereocenters. The number of hydrogen-bond donors (Lipinski definition) is 0. The summed E-state index contributed by atoms with van der Waals surface area (Å²) in [6.45, 7) is 0.663. The molecule has 2 aromatic rings. The molecule has 4 rings (SSSR count). The molecule has 4 nitrogen and oxygen atoms in total. The Bertz CT molecular complexity index is 866. The number of carbonyl (C=O) groups excluding carboxylic acids is 2. The Balaban J connectivity index is 2.02. The van der Waals surface area contributed by atoms with Gasteiger partial charge >= 0.3 is 0 Å². The second-order valence-electron chi connectivity index (χ2n) is 6.00. The molecule has 1 fully saturated rings. The van der Waals surface area contributed by atoms with Crippen molar-refractivity contribution >= 4 is 46.6 Å². The topological polar surface area (TPSA) is 40.6 Å². The van der Waals surface area contributed by atoms with Crippen molar-refractivity contribution in [2.75, 3.05) is 13.1 Å².